The van der Waals surface area contributed by atoms with Crippen LogP contribution in [0, 0.1) is 5.92 Å². The number of allylic oxidation sites excluding steroid dienone is 1. The number of fused-ring (bicyclic) bond motifs is 4. The van der Waals surface area contributed by atoms with Crippen LogP contribution in [0.4, 0.5) is 0 Å². The zero-order valence-corrected chi connectivity index (χ0v) is 19.1. The third-order valence-electron chi connectivity index (χ3n) is 4.80. The molecule has 10 heteroatoms. The van der Waals surface area contributed by atoms with Crippen LogP contribution < -0.4 is 10.6 Å². The second-order valence-corrected chi connectivity index (χ2v) is 9.69. The Kier molecular flexibility index (Phi) is 6.97. The van der Waals surface area contributed by atoms with Gasteiger partial charge in [-0.15, -0.1) is 23.1 Å². The van der Waals surface area contributed by atoms with Crippen molar-refractivity contribution in [2.24, 2.45) is 10.9 Å². The summed E-state index contributed by atoms with van der Waals surface area (Å²) in [4.78, 5) is 47.4. The highest BCUT2D eigenvalue weighted by Crippen LogP contribution is 2.32. The number of nitrogens with one attached hydrogen (secondary N) is 2. The Morgan fingerprint density at radius 2 is 2.10 bits per heavy atom. The lowest BCUT2D eigenvalue weighted by Gasteiger charge is -2.27. The molecular formula is C20H26N4O4S2. The molecule has 0 radical (unpaired) electrons. The van der Waals surface area contributed by atoms with Crippen molar-refractivity contribution < 1.29 is 19.1 Å². The van der Waals surface area contributed by atoms with E-state index < -0.39 is 23.7 Å². The van der Waals surface area contributed by atoms with Gasteiger partial charge in [0.15, 0.2) is 0 Å². The van der Waals surface area contributed by atoms with Crippen molar-refractivity contribution >= 4 is 45.9 Å². The first-order valence-electron chi connectivity index (χ1n) is 9.80. The van der Waals surface area contributed by atoms with Crippen molar-refractivity contribution in [3.63, 3.8) is 0 Å². The van der Waals surface area contributed by atoms with E-state index >= 15 is 0 Å². The maximum atomic E-state index is 13.0. The number of aliphatic imine (C=N–C) groups is 1. The van der Waals surface area contributed by atoms with Crippen LogP contribution in [-0.4, -0.2) is 51.2 Å². The molecule has 3 heterocycles. The number of esters is 1. The van der Waals surface area contributed by atoms with Gasteiger partial charge in [-0.1, -0.05) is 19.9 Å². The van der Waals surface area contributed by atoms with Gasteiger partial charge in [-0.05, 0) is 25.8 Å². The molecule has 1 aromatic rings. The Bertz CT molecular complexity index is 895. The van der Waals surface area contributed by atoms with Crippen molar-refractivity contribution in [1.82, 2.24) is 15.6 Å². The monoisotopic (exact) mass is 450 g/mol. The number of thiazole rings is 1. The number of rotatable bonds is 2. The number of thioether (sulfide) groups is 1. The predicted molar refractivity (Wildman–Crippen MR) is 117 cm³/mol. The fraction of sp³-hybridized carbons (Fsp3) is 0.550. The van der Waals surface area contributed by atoms with Crippen LogP contribution in [0.1, 0.15) is 44.8 Å². The molecule has 2 aliphatic heterocycles. The summed E-state index contributed by atoms with van der Waals surface area (Å²) in [7, 11) is 0. The van der Waals surface area contributed by atoms with E-state index in [9.17, 15) is 14.4 Å². The molecular weight excluding hydrogens is 424 g/mol. The van der Waals surface area contributed by atoms with Gasteiger partial charge in [0.2, 0.25) is 11.8 Å². The van der Waals surface area contributed by atoms with Gasteiger partial charge in [0.1, 0.15) is 33.4 Å². The molecule has 30 heavy (non-hydrogen) atoms. The van der Waals surface area contributed by atoms with Crippen molar-refractivity contribution in [1.29, 1.82) is 0 Å². The van der Waals surface area contributed by atoms with Gasteiger partial charge >= 0.3 is 5.97 Å². The Morgan fingerprint density at radius 3 is 2.80 bits per heavy atom. The highest BCUT2D eigenvalue weighted by atomic mass is 32.2. The smallest absolute Gasteiger partial charge is 0.329 e. The molecule has 0 fully saturated rings. The highest BCUT2D eigenvalue weighted by molar-refractivity contribution is 8.14. The summed E-state index contributed by atoms with van der Waals surface area (Å²) in [6.45, 7) is 7.49. The number of amides is 2. The van der Waals surface area contributed by atoms with Gasteiger partial charge in [0.05, 0.1) is 13.0 Å². The van der Waals surface area contributed by atoms with Crippen molar-refractivity contribution in [2.45, 2.75) is 58.3 Å². The SMILES string of the molecule is C/C=C/[C@@H]1CC(=O)NCc2nc(cs2)C2=N[C@@](C)(CS2)C(=O)N[C@@H](C(C)C)C(=O)O1. The van der Waals surface area contributed by atoms with E-state index in [1.165, 1.54) is 23.1 Å². The van der Waals surface area contributed by atoms with E-state index in [4.69, 9.17) is 4.74 Å². The van der Waals surface area contributed by atoms with E-state index in [0.717, 1.165) is 5.01 Å². The molecule has 0 saturated heterocycles. The van der Waals surface area contributed by atoms with E-state index in [2.05, 4.69) is 20.6 Å². The van der Waals surface area contributed by atoms with Crippen LogP contribution in [0.5, 0.6) is 0 Å². The summed E-state index contributed by atoms with van der Waals surface area (Å²) < 4.78 is 5.57. The fourth-order valence-corrected chi connectivity index (χ4v) is 4.97. The summed E-state index contributed by atoms with van der Waals surface area (Å²) in [5, 5.41) is 8.94. The molecule has 2 amide bonds. The topological polar surface area (TPSA) is 110 Å². The minimum absolute atomic E-state index is 0.00660. The van der Waals surface area contributed by atoms with Crippen LogP contribution in [0.25, 0.3) is 0 Å². The van der Waals surface area contributed by atoms with E-state index in [1.807, 2.05) is 19.2 Å². The third kappa shape index (κ3) is 5.10. The summed E-state index contributed by atoms with van der Waals surface area (Å²) >= 11 is 2.88. The molecule has 3 atom stereocenters. The van der Waals surface area contributed by atoms with E-state index in [-0.39, 0.29) is 30.7 Å². The molecule has 3 rings (SSSR count). The number of cyclic esters (lactones) is 1. The van der Waals surface area contributed by atoms with E-state index in [0.29, 0.717) is 16.5 Å². The molecule has 8 nitrogen and oxygen atoms in total. The molecule has 0 spiro atoms. The molecule has 4 bridgehead atoms. The molecule has 1 aromatic heterocycles. The number of carbonyl (C=O) groups is 3. The molecule has 0 unspecified atom stereocenters. The standard InChI is InChI=1S/C20H26N4O4S2/c1-5-6-12-7-14(25)21-8-15-22-13(9-29-15)17-24-20(4,10-30-17)19(27)23-16(11(2)3)18(26)28-12/h5-6,9,11-12,16H,7-8,10H2,1-4H3,(H,21,25)(H,23,27)/b6-5+/t12-,16+,20+/m1/s1. The van der Waals surface area contributed by atoms with Crippen LogP contribution in [0.15, 0.2) is 22.5 Å². The summed E-state index contributed by atoms with van der Waals surface area (Å²) in [6, 6.07) is -0.840. The average Bonchev–Trinajstić information content (AvgIpc) is 3.31. The summed E-state index contributed by atoms with van der Waals surface area (Å²) in [5.74, 6) is -0.882. The first kappa shape index (κ1) is 22.5. The third-order valence-corrected chi connectivity index (χ3v) is 6.93. The summed E-state index contributed by atoms with van der Waals surface area (Å²) in [5.41, 5.74) is -0.296. The Balaban J connectivity index is 1.94. The number of hydrogen-bond donors (Lipinski definition) is 2. The Hall–Kier alpha value is -2.20. The maximum Gasteiger partial charge on any atom is 0.329 e. The second-order valence-electron chi connectivity index (χ2n) is 7.78. The fourth-order valence-electron chi connectivity index (χ4n) is 3.05. The lowest BCUT2D eigenvalue weighted by molar-refractivity contribution is -0.153. The molecule has 0 aromatic carbocycles. The first-order valence-corrected chi connectivity index (χ1v) is 11.7. The molecule has 0 saturated carbocycles. The van der Waals surface area contributed by atoms with Gasteiger partial charge in [0, 0.05) is 11.1 Å². The number of hydrogen-bond acceptors (Lipinski definition) is 8. The highest BCUT2D eigenvalue weighted by Gasteiger charge is 2.41. The normalized spacial score (nSPS) is 28.3. The van der Waals surface area contributed by atoms with Gasteiger partial charge in [-0.3, -0.25) is 14.6 Å². The minimum atomic E-state index is -0.995. The number of carbonyl (C=O) groups excluding carboxylic acids is 3. The van der Waals surface area contributed by atoms with Crippen molar-refractivity contribution in [3.05, 3.63) is 28.2 Å². The Morgan fingerprint density at radius 1 is 1.33 bits per heavy atom. The largest absolute Gasteiger partial charge is 0.456 e. The summed E-state index contributed by atoms with van der Waals surface area (Å²) in [6.07, 6.45) is 2.66. The van der Waals surface area contributed by atoms with Gasteiger partial charge in [-0.2, -0.15) is 0 Å². The maximum absolute atomic E-state index is 13.0. The number of ether oxygens (including phenoxy) is 1. The zero-order chi connectivity index (χ0) is 21.9. The van der Waals surface area contributed by atoms with Crippen molar-refractivity contribution in [3.8, 4) is 0 Å². The predicted octanol–water partition coefficient (Wildman–Crippen LogP) is 2.04. The lowest BCUT2D eigenvalue weighted by Crippen LogP contribution is -2.53. The van der Waals surface area contributed by atoms with Crippen LogP contribution >= 0.6 is 23.1 Å². The lowest BCUT2D eigenvalue weighted by atomic mass is 10.0. The van der Waals surface area contributed by atoms with Crippen molar-refractivity contribution in [2.75, 3.05) is 5.75 Å². The molecule has 2 N–H and O–H groups in total. The number of nitrogens with zero attached hydrogens (tertiary/aromatic N) is 2. The zero-order valence-electron chi connectivity index (χ0n) is 17.4. The van der Waals surface area contributed by atoms with Gasteiger partial charge < -0.3 is 15.4 Å². The molecule has 2 aliphatic rings. The van der Waals surface area contributed by atoms with Crippen LogP contribution in [0.2, 0.25) is 0 Å². The number of aromatic nitrogens is 1. The molecule has 162 valence electrons. The van der Waals surface area contributed by atoms with Gasteiger partial charge in [0.25, 0.3) is 0 Å². The quantitative estimate of drug-likeness (QED) is 0.527. The second kappa shape index (κ2) is 9.30. The van der Waals surface area contributed by atoms with E-state index in [1.54, 1.807) is 26.0 Å². The minimum Gasteiger partial charge on any atom is -0.456 e. The first-order chi connectivity index (χ1) is 14.2. The average molecular weight is 451 g/mol. The molecule has 0 aliphatic carbocycles. The van der Waals surface area contributed by atoms with Gasteiger partial charge in [-0.25, -0.2) is 9.78 Å². The Labute approximate surface area is 184 Å². The van der Waals surface area contributed by atoms with Crippen LogP contribution in [0.3, 0.4) is 0 Å². The van der Waals surface area contributed by atoms with Crippen LogP contribution in [-0.2, 0) is 25.7 Å².